The molecule has 1 aromatic carbocycles. The molecule has 1 aromatic rings. The summed E-state index contributed by atoms with van der Waals surface area (Å²) in [5.41, 5.74) is -0.272. The number of benzene rings is 1. The monoisotopic (exact) mass is 298 g/mol. The van der Waals surface area contributed by atoms with Crippen LogP contribution in [0.1, 0.15) is 13.8 Å². The Hall–Kier alpha value is -0.413. The van der Waals surface area contributed by atoms with Crippen molar-refractivity contribution in [3.05, 3.63) is 30.3 Å². The lowest BCUT2D eigenvalue weighted by Crippen LogP contribution is -2.55. The fourth-order valence-corrected chi connectivity index (χ4v) is 5.47. The minimum atomic E-state index is -2.01. The van der Waals surface area contributed by atoms with Gasteiger partial charge in [0, 0.05) is 10.7 Å². The first-order chi connectivity index (χ1) is 7.32. The summed E-state index contributed by atoms with van der Waals surface area (Å²) in [6.45, 7) is 8.30. The average Bonchev–Trinajstić information content (AvgIpc) is 2.29. The predicted molar refractivity (Wildman–Crippen MR) is 76.1 cm³/mol. The molecule has 0 heterocycles. The van der Waals surface area contributed by atoms with Gasteiger partial charge in [0.15, 0.2) is 8.07 Å². The van der Waals surface area contributed by atoms with Gasteiger partial charge in [-0.2, -0.15) is 0 Å². The van der Waals surface area contributed by atoms with E-state index in [-0.39, 0.29) is 5.41 Å². The van der Waals surface area contributed by atoms with E-state index in [1.54, 1.807) is 0 Å². The second-order valence-electron chi connectivity index (χ2n) is 5.34. The molecule has 0 radical (unpaired) electrons. The Labute approximate surface area is 107 Å². The van der Waals surface area contributed by atoms with Crippen LogP contribution < -0.4 is 5.19 Å². The molecule has 1 rings (SSSR count). The van der Waals surface area contributed by atoms with Gasteiger partial charge in [-0.05, 0) is 0 Å². The van der Waals surface area contributed by atoms with E-state index in [0.29, 0.717) is 5.41 Å². The smallest absolute Gasteiger partial charge is 0.158 e. The van der Waals surface area contributed by atoms with Crippen LogP contribution in [0.5, 0.6) is 0 Å². The van der Waals surface area contributed by atoms with Crippen molar-refractivity contribution in [1.29, 1.82) is 0 Å². The maximum Gasteiger partial charge on any atom is 0.158 e. The van der Waals surface area contributed by atoms with E-state index in [2.05, 4.69) is 41.2 Å². The van der Waals surface area contributed by atoms with Crippen LogP contribution >= 0.6 is 15.9 Å². The number of rotatable bonds is 4. The molecule has 0 saturated carbocycles. The van der Waals surface area contributed by atoms with Gasteiger partial charge in [0.05, 0.1) is 0 Å². The molecule has 0 spiro atoms. The number of hydrogen-bond acceptors (Lipinski definition) is 1. The summed E-state index contributed by atoms with van der Waals surface area (Å²) in [4.78, 5) is 12.5. The standard InChI is InChI=1S/C13H19BrOSi/c1-13(2,10-14)12(15)16(3,4)11-8-6-5-7-9-11/h5-9H,10H2,1-4H3. The minimum absolute atomic E-state index is 0.272. The first-order valence-corrected chi connectivity index (χ1v) is 9.61. The van der Waals surface area contributed by atoms with Crippen molar-refractivity contribution in [3.8, 4) is 0 Å². The third-order valence-electron chi connectivity index (χ3n) is 3.01. The Morgan fingerprint density at radius 1 is 1.25 bits per heavy atom. The molecule has 0 aromatic heterocycles. The Balaban J connectivity index is 3.08. The number of carbonyl (C=O) groups excluding carboxylic acids is 1. The summed E-state index contributed by atoms with van der Waals surface area (Å²) in [5.74, 6) is 0. The van der Waals surface area contributed by atoms with Crippen molar-refractivity contribution in [1.82, 2.24) is 0 Å². The lowest BCUT2D eigenvalue weighted by atomic mass is 9.99. The van der Waals surface area contributed by atoms with Gasteiger partial charge in [-0.1, -0.05) is 78.4 Å². The van der Waals surface area contributed by atoms with E-state index in [1.807, 2.05) is 32.0 Å². The molecule has 3 heteroatoms. The lowest BCUT2D eigenvalue weighted by Gasteiger charge is -2.31. The first kappa shape index (κ1) is 13.7. The van der Waals surface area contributed by atoms with E-state index in [0.717, 1.165) is 5.33 Å². The van der Waals surface area contributed by atoms with Crippen LogP contribution in [-0.2, 0) is 4.79 Å². The van der Waals surface area contributed by atoms with Crippen LogP contribution in [0.4, 0.5) is 0 Å². The zero-order valence-electron chi connectivity index (χ0n) is 10.4. The molecule has 0 amide bonds. The molecule has 0 N–H and O–H groups in total. The third-order valence-corrected chi connectivity index (χ3v) is 8.00. The zero-order valence-corrected chi connectivity index (χ0v) is 13.0. The number of halogens is 1. The fraction of sp³-hybridized carbons (Fsp3) is 0.462. The molecule has 1 nitrogen and oxygen atoms in total. The van der Waals surface area contributed by atoms with Gasteiger partial charge in [-0.3, -0.25) is 0 Å². The van der Waals surface area contributed by atoms with Gasteiger partial charge < -0.3 is 4.79 Å². The molecule has 0 aliphatic rings. The summed E-state index contributed by atoms with van der Waals surface area (Å²) in [6, 6.07) is 10.2. The molecule has 0 saturated heterocycles. The van der Waals surface area contributed by atoms with E-state index in [1.165, 1.54) is 5.19 Å². The molecule has 0 atom stereocenters. The van der Waals surface area contributed by atoms with Crippen LogP contribution in [0.3, 0.4) is 0 Å². The fourth-order valence-electron chi connectivity index (χ4n) is 1.89. The van der Waals surface area contributed by atoms with Crippen molar-refractivity contribution in [2.45, 2.75) is 26.9 Å². The molecule has 0 unspecified atom stereocenters. The van der Waals surface area contributed by atoms with E-state index >= 15 is 0 Å². The Bertz CT molecular complexity index is 371. The second kappa shape index (κ2) is 4.84. The van der Waals surface area contributed by atoms with Crippen LogP contribution in [0.15, 0.2) is 30.3 Å². The summed E-state index contributed by atoms with van der Waals surface area (Å²) in [6.07, 6.45) is 0. The zero-order chi connectivity index (χ0) is 12.4. The molecular formula is C13H19BrOSi. The molecule has 0 bridgehead atoms. The van der Waals surface area contributed by atoms with Crippen molar-refractivity contribution in [2.75, 3.05) is 5.33 Å². The van der Waals surface area contributed by atoms with Gasteiger partial charge in [-0.25, -0.2) is 0 Å². The van der Waals surface area contributed by atoms with Gasteiger partial charge in [0.25, 0.3) is 0 Å². The van der Waals surface area contributed by atoms with Gasteiger partial charge in [0.1, 0.15) is 5.41 Å². The van der Waals surface area contributed by atoms with Crippen molar-refractivity contribution >= 4 is 34.6 Å². The minimum Gasteiger partial charge on any atom is -0.304 e. The van der Waals surface area contributed by atoms with E-state index in [4.69, 9.17) is 0 Å². The SMILES string of the molecule is CC(C)(CBr)C(=O)[Si](C)(C)c1ccccc1. The normalized spacial score (nSPS) is 12.6. The first-order valence-electron chi connectivity index (χ1n) is 5.49. The predicted octanol–water partition coefficient (Wildman–Crippen LogP) is 3.13. The van der Waals surface area contributed by atoms with Crippen LogP contribution in [-0.4, -0.2) is 18.8 Å². The quantitative estimate of drug-likeness (QED) is 0.616. The van der Waals surface area contributed by atoms with Gasteiger partial charge in [0.2, 0.25) is 0 Å². The Kier molecular flexibility index (Phi) is 4.13. The third kappa shape index (κ3) is 2.63. The van der Waals surface area contributed by atoms with Crippen molar-refractivity contribution in [2.24, 2.45) is 5.41 Å². The maximum absolute atomic E-state index is 12.5. The number of alkyl halides is 1. The van der Waals surface area contributed by atoms with Crippen LogP contribution in [0, 0.1) is 5.41 Å². The summed E-state index contributed by atoms with van der Waals surface area (Å²) in [7, 11) is -2.01. The largest absolute Gasteiger partial charge is 0.304 e. The highest BCUT2D eigenvalue weighted by molar-refractivity contribution is 9.09. The lowest BCUT2D eigenvalue weighted by molar-refractivity contribution is -0.118. The van der Waals surface area contributed by atoms with Crippen molar-refractivity contribution in [3.63, 3.8) is 0 Å². The molecule has 16 heavy (non-hydrogen) atoms. The van der Waals surface area contributed by atoms with Crippen molar-refractivity contribution < 1.29 is 4.79 Å². The highest BCUT2D eigenvalue weighted by Crippen LogP contribution is 2.25. The van der Waals surface area contributed by atoms with Gasteiger partial charge in [-0.15, -0.1) is 0 Å². The molecule has 88 valence electrons. The second-order valence-corrected chi connectivity index (χ2v) is 10.2. The summed E-state index contributed by atoms with van der Waals surface area (Å²) < 4.78 is 0. The average molecular weight is 299 g/mol. The maximum atomic E-state index is 12.5. The highest BCUT2D eigenvalue weighted by Gasteiger charge is 2.41. The Morgan fingerprint density at radius 3 is 2.19 bits per heavy atom. The molecule has 0 fully saturated rings. The van der Waals surface area contributed by atoms with Crippen LogP contribution in [0.25, 0.3) is 0 Å². The number of carbonyl (C=O) groups is 1. The van der Waals surface area contributed by atoms with Gasteiger partial charge >= 0.3 is 0 Å². The Morgan fingerprint density at radius 2 is 1.75 bits per heavy atom. The summed E-state index contributed by atoms with van der Waals surface area (Å²) in [5, 5.41) is 2.35. The molecule has 0 aliphatic heterocycles. The molecular weight excluding hydrogens is 280 g/mol. The van der Waals surface area contributed by atoms with E-state index < -0.39 is 8.07 Å². The highest BCUT2D eigenvalue weighted by atomic mass is 79.9. The summed E-state index contributed by atoms with van der Waals surface area (Å²) >= 11 is 3.44. The number of hydrogen-bond donors (Lipinski definition) is 0. The van der Waals surface area contributed by atoms with E-state index in [9.17, 15) is 4.79 Å². The van der Waals surface area contributed by atoms with Crippen LogP contribution in [0.2, 0.25) is 13.1 Å². The topological polar surface area (TPSA) is 17.1 Å². The molecule has 0 aliphatic carbocycles.